The number of benzene rings is 2. The third-order valence-electron chi connectivity index (χ3n) is 4.08. The van der Waals surface area contributed by atoms with E-state index in [0.29, 0.717) is 6.61 Å². The topological polar surface area (TPSA) is 41.6 Å². The van der Waals surface area contributed by atoms with Crippen molar-refractivity contribution in [3.05, 3.63) is 71.8 Å². The Bertz CT molecular complexity index is 616. The van der Waals surface area contributed by atoms with Gasteiger partial charge in [0.25, 0.3) is 0 Å². The van der Waals surface area contributed by atoms with E-state index in [1.165, 1.54) is 5.56 Å². The zero-order valence-electron chi connectivity index (χ0n) is 13.2. The van der Waals surface area contributed by atoms with E-state index >= 15 is 0 Å². The van der Waals surface area contributed by atoms with Crippen molar-refractivity contribution in [3.8, 4) is 0 Å². The molecule has 3 rings (SSSR count). The maximum Gasteiger partial charge on any atom is 0.325 e. The van der Waals surface area contributed by atoms with Crippen LogP contribution in [0, 0.1) is 0 Å². The monoisotopic (exact) mass is 310 g/mol. The first kappa shape index (κ1) is 15.7. The first-order chi connectivity index (χ1) is 11.3. The Morgan fingerprint density at radius 1 is 1.04 bits per heavy atom. The second-order valence-electron chi connectivity index (χ2n) is 5.77. The molecular formula is C19H22N2O2. The normalized spacial score (nSPS) is 18.0. The Labute approximate surface area is 137 Å². The molecule has 2 aromatic rings. The van der Waals surface area contributed by atoms with Crippen molar-refractivity contribution in [3.63, 3.8) is 0 Å². The largest absolute Gasteiger partial charge is 0.460 e. The van der Waals surface area contributed by atoms with Crippen LogP contribution >= 0.6 is 0 Å². The lowest BCUT2D eigenvalue weighted by Gasteiger charge is -2.24. The van der Waals surface area contributed by atoms with E-state index < -0.39 is 0 Å². The van der Waals surface area contributed by atoms with Crippen LogP contribution in [-0.4, -0.2) is 23.6 Å². The van der Waals surface area contributed by atoms with Crippen molar-refractivity contribution in [2.45, 2.75) is 32.0 Å². The van der Waals surface area contributed by atoms with Crippen LogP contribution in [0.1, 0.15) is 24.0 Å². The van der Waals surface area contributed by atoms with Crippen LogP contribution in [0.15, 0.2) is 60.7 Å². The van der Waals surface area contributed by atoms with E-state index in [1.807, 2.05) is 53.5 Å². The quantitative estimate of drug-likeness (QED) is 0.833. The zero-order chi connectivity index (χ0) is 15.9. The summed E-state index contributed by atoms with van der Waals surface area (Å²) in [6.07, 6.45) is 1.85. The summed E-state index contributed by atoms with van der Waals surface area (Å²) in [6, 6.07) is 19.8. The minimum atomic E-state index is -0.192. The molecule has 4 nitrogen and oxygen atoms in total. The minimum absolute atomic E-state index is 0.146. The molecule has 1 fully saturated rings. The van der Waals surface area contributed by atoms with Gasteiger partial charge in [0, 0.05) is 13.1 Å². The number of carbonyl (C=O) groups is 1. The van der Waals surface area contributed by atoms with Gasteiger partial charge in [0.1, 0.15) is 12.6 Å². The maximum atomic E-state index is 12.3. The molecule has 0 aliphatic carbocycles. The minimum Gasteiger partial charge on any atom is -0.460 e. The Kier molecular flexibility index (Phi) is 5.40. The van der Waals surface area contributed by atoms with Gasteiger partial charge in [-0.15, -0.1) is 0 Å². The molecule has 2 aromatic carbocycles. The van der Waals surface area contributed by atoms with Crippen molar-refractivity contribution in [1.82, 2.24) is 10.4 Å². The average molecular weight is 310 g/mol. The van der Waals surface area contributed by atoms with Gasteiger partial charge in [0.15, 0.2) is 0 Å². The van der Waals surface area contributed by atoms with Gasteiger partial charge in [-0.05, 0) is 24.0 Å². The predicted octanol–water partition coefficient (Wildman–Crippen LogP) is 2.90. The summed E-state index contributed by atoms with van der Waals surface area (Å²) in [5.74, 6) is -0.146. The van der Waals surface area contributed by atoms with E-state index in [4.69, 9.17) is 4.74 Å². The average Bonchev–Trinajstić information content (AvgIpc) is 3.08. The summed E-state index contributed by atoms with van der Waals surface area (Å²) in [4.78, 5) is 12.3. The van der Waals surface area contributed by atoms with Crippen LogP contribution in [0.5, 0.6) is 0 Å². The summed E-state index contributed by atoms with van der Waals surface area (Å²) in [5, 5.41) is 2.01. The lowest BCUT2D eigenvalue weighted by Crippen LogP contribution is -2.45. The summed E-state index contributed by atoms with van der Waals surface area (Å²) in [6.45, 7) is 1.93. The molecule has 0 saturated carbocycles. The molecule has 0 aromatic heterocycles. The molecule has 0 unspecified atom stereocenters. The van der Waals surface area contributed by atoms with Crippen LogP contribution in [0.3, 0.4) is 0 Å². The first-order valence-corrected chi connectivity index (χ1v) is 8.07. The highest BCUT2D eigenvalue weighted by Crippen LogP contribution is 2.17. The molecule has 1 aliphatic heterocycles. The molecule has 4 heteroatoms. The molecule has 0 amide bonds. The maximum absolute atomic E-state index is 12.3. The van der Waals surface area contributed by atoms with E-state index in [0.717, 1.165) is 31.5 Å². The van der Waals surface area contributed by atoms with Crippen molar-refractivity contribution < 1.29 is 9.53 Å². The van der Waals surface area contributed by atoms with Crippen molar-refractivity contribution >= 4 is 5.97 Å². The van der Waals surface area contributed by atoms with E-state index in [1.54, 1.807) is 0 Å². The molecule has 0 bridgehead atoms. The second-order valence-corrected chi connectivity index (χ2v) is 5.77. The van der Waals surface area contributed by atoms with Crippen molar-refractivity contribution in [2.24, 2.45) is 0 Å². The fraction of sp³-hybridized carbons (Fsp3) is 0.316. The number of esters is 1. The SMILES string of the molecule is O=C(OCc1ccccc1)[C@@H]1CCCN1NCc1ccccc1. The summed E-state index contributed by atoms with van der Waals surface area (Å²) in [5.41, 5.74) is 5.58. The zero-order valence-corrected chi connectivity index (χ0v) is 13.2. The molecule has 23 heavy (non-hydrogen) atoms. The predicted molar refractivity (Wildman–Crippen MR) is 89.2 cm³/mol. The Hall–Kier alpha value is -2.17. The summed E-state index contributed by atoms with van der Waals surface area (Å²) >= 11 is 0. The number of rotatable bonds is 6. The number of hydrogen-bond donors (Lipinski definition) is 1. The van der Waals surface area contributed by atoms with Gasteiger partial charge >= 0.3 is 5.97 Å². The van der Waals surface area contributed by atoms with Gasteiger partial charge in [0.2, 0.25) is 0 Å². The lowest BCUT2D eigenvalue weighted by atomic mass is 10.2. The molecular weight excluding hydrogens is 288 g/mol. The van der Waals surface area contributed by atoms with Gasteiger partial charge in [0.05, 0.1) is 0 Å². The van der Waals surface area contributed by atoms with Gasteiger partial charge < -0.3 is 4.74 Å². The Morgan fingerprint density at radius 3 is 2.39 bits per heavy atom. The van der Waals surface area contributed by atoms with E-state index in [-0.39, 0.29) is 12.0 Å². The van der Waals surface area contributed by atoms with Gasteiger partial charge in [-0.1, -0.05) is 60.7 Å². The molecule has 120 valence electrons. The standard InChI is InChI=1S/C19H22N2O2/c22-19(23-15-17-10-5-2-6-11-17)18-12-7-13-21(18)20-14-16-8-3-1-4-9-16/h1-6,8-11,18,20H,7,12-15H2/t18-/m0/s1. The first-order valence-electron chi connectivity index (χ1n) is 8.07. The summed E-state index contributed by atoms with van der Waals surface area (Å²) < 4.78 is 5.47. The smallest absolute Gasteiger partial charge is 0.325 e. The molecule has 1 N–H and O–H groups in total. The number of hydrogen-bond acceptors (Lipinski definition) is 4. The van der Waals surface area contributed by atoms with Crippen LogP contribution in [-0.2, 0) is 22.7 Å². The fourth-order valence-electron chi connectivity index (χ4n) is 2.81. The highest BCUT2D eigenvalue weighted by atomic mass is 16.5. The molecule has 0 radical (unpaired) electrons. The third-order valence-corrected chi connectivity index (χ3v) is 4.08. The van der Waals surface area contributed by atoms with Gasteiger partial charge in [-0.3, -0.25) is 4.79 Å². The summed E-state index contributed by atoms with van der Waals surface area (Å²) in [7, 11) is 0. The Morgan fingerprint density at radius 2 is 1.70 bits per heavy atom. The number of ether oxygens (including phenoxy) is 1. The highest BCUT2D eigenvalue weighted by molar-refractivity contribution is 5.76. The molecule has 1 saturated heterocycles. The van der Waals surface area contributed by atoms with Crippen molar-refractivity contribution in [1.29, 1.82) is 0 Å². The fourth-order valence-corrected chi connectivity index (χ4v) is 2.81. The van der Waals surface area contributed by atoms with Gasteiger partial charge in [-0.2, -0.15) is 0 Å². The molecule has 1 aliphatic rings. The van der Waals surface area contributed by atoms with Crippen molar-refractivity contribution in [2.75, 3.05) is 6.54 Å². The Balaban J connectivity index is 1.50. The third kappa shape index (κ3) is 4.41. The second kappa shape index (κ2) is 7.90. The van der Waals surface area contributed by atoms with E-state index in [9.17, 15) is 4.79 Å². The van der Waals surface area contributed by atoms with E-state index in [2.05, 4.69) is 17.6 Å². The van der Waals surface area contributed by atoms with Crippen LogP contribution in [0.25, 0.3) is 0 Å². The number of nitrogens with zero attached hydrogens (tertiary/aromatic N) is 1. The number of nitrogens with one attached hydrogen (secondary N) is 1. The van der Waals surface area contributed by atoms with Gasteiger partial charge in [-0.25, -0.2) is 10.4 Å². The highest BCUT2D eigenvalue weighted by Gasteiger charge is 2.31. The molecule has 0 spiro atoms. The number of carbonyl (C=O) groups excluding carboxylic acids is 1. The molecule has 1 heterocycles. The molecule has 1 atom stereocenters. The lowest BCUT2D eigenvalue weighted by molar-refractivity contribution is -0.151. The number of hydrazine groups is 1. The van der Waals surface area contributed by atoms with Crippen LogP contribution < -0.4 is 5.43 Å². The van der Waals surface area contributed by atoms with Crippen LogP contribution in [0.2, 0.25) is 0 Å². The van der Waals surface area contributed by atoms with Crippen LogP contribution in [0.4, 0.5) is 0 Å².